The fraction of sp³-hybridized carbons (Fsp3) is 0.0400. The van der Waals surface area contributed by atoms with Crippen molar-refractivity contribution >= 4 is 11.6 Å². The lowest BCUT2D eigenvalue weighted by Gasteiger charge is -2.09. The average molecular weight is 405 g/mol. The predicted octanol–water partition coefficient (Wildman–Crippen LogP) is 4.39. The van der Waals surface area contributed by atoms with Crippen molar-refractivity contribution in [2.75, 3.05) is 0 Å². The van der Waals surface area contributed by atoms with Crippen molar-refractivity contribution in [2.24, 2.45) is 0 Å². The van der Waals surface area contributed by atoms with Crippen LogP contribution in [-0.2, 0) is 6.54 Å². The molecular weight excluding hydrogens is 386 g/mol. The zero-order valence-electron chi connectivity index (χ0n) is 16.6. The predicted molar refractivity (Wildman–Crippen MR) is 119 cm³/mol. The minimum Gasteiger partial charge on any atom is -0.347 e. The maximum Gasteiger partial charge on any atom is 0.270 e. The Labute approximate surface area is 179 Å². The van der Waals surface area contributed by atoms with Gasteiger partial charge in [-0.05, 0) is 23.8 Å². The smallest absolute Gasteiger partial charge is 0.270 e. The Morgan fingerprint density at radius 3 is 2.13 bits per heavy atom. The van der Waals surface area contributed by atoms with Gasteiger partial charge in [0.2, 0.25) is 0 Å². The second-order valence-electron chi connectivity index (χ2n) is 7.10. The minimum atomic E-state index is -0.218. The minimum absolute atomic E-state index is 0.218. The van der Waals surface area contributed by atoms with Crippen LogP contribution < -0.4 is 5.32 Å². The van der Waals surface area contributed by atoms with Gasteiger partial charge in [-0.1, -0.05) is 60.7 Å². The molecule has 5 aromatic rings. The Morgan fingerprint density at radius 2 is 1.45 bits per heavy atom. The SMILES string of the molecule is O=C(NCc1ccncc1)c1cc(-c2ccccc2)nc2cc(-c3ccccc3)nn12. The average Bonchev–Trinajstić information content (AvgIpc) is 3.28. The van der Waals surface area contributed by atoms with E-state index in [0.29, 0.717) is 17.9 Å². The topological polar surface area (TPSA) is 72.2 Å². The lowest BCUT2D eigenvalue weighted by atomic mass is 10.1. The van der Waals surface area contributed by atoms with Crippen LogP contribution in [0.4, 0.5) is 0 Å². The van der Waals surface area contributed by atoms with E-state index < -0.39 is 0 Å². The van der Waals surface area contributed by atoms with E-state index in [1.54, 1.807) is 23.0 Å². The number of carbonyl (C=O) groups excluding carboxylic acids is 1. The molecule has 0 aliphatic carbocycles. The molecule has 2 aromatic carbocycles. The van der Waals surface area contributed by atoms with Gasteiger partial charge in [-0.25, -0.2) is 9.50 Å². The monoisotopic (exact) mass is 405 g/mol. The molecule has 0 spiro atoms. The van der Waals surface area contributed by atoms with Crippen LogP contribution in [0.2, 0.25) is 0 Å². The molecule has 3 aromatic heterocycles. The number of nitrogens with one attached hydrogen (secondary N) is 1. The first-order valence-corrected chi connectivity index (χ1v) is 9.97. The molecule has 6 heteroatoms. The Bertz CT molecular complexity index is 1330. The fourth-order valence-electron chi connectivity index (χ4n) is 3.42. The summed E-state index contributed by atoms with van der Waals surface area (Å²) in [6.45, 7) is 0.401. The quantitative estimate of drug-likeness (QED) is 0.471. The van der Waals surface area contributed by atoms with Crippen molar-refractivity contribution in [3.63, 3.8) is 0 Å². The number of nitrogens with zero attached hydrogens (tertiary/aromatic N) is 4. The molecule has 0 aliphatic heterocycles. The molecule has 1 N–H and O–H groups in total. The van der Waals surface area contributed by atoms with E-state index in [4.69, 9.17) is 4.98 Å². The summed E-state index contributed by atoms with van der Waals surface area (Å²) < 4.78 is 1.61. The standard InChI is InChI=1S/C25H19N5O/c31-25(27-17-18-11-13-26-14-12-18)23-15-21(19-7-3-1-4-8-19)28-24-16-22(29-30(23)24)20-9-5-2-6-10-20/h1-16H,17H2,(H,27,31). The third kappa shape index (κ3) is 3.91. The summed E-state index contributed by atoms with van der Waals surface area (Å²) >= 11 is 0. The Balaban J connectivity index is 1.58. The van der Waals surface area contributed by atoms with Crippen LogP contribution in [0.1, 0.15) is 16.1 Å². The number of aromatic nitrogens is 4. The van der Waals surface area contributed by atoms with Gasteiger partial charge in [0.1, 0.15) is 5.69 Å². The summed E-state index contributed by atoms with van der Waals surface area (Å²) in [6, 6.07) is 27.1. The van der Waals surface area contributed by atoms with E-state index in [1.165, 1.54) is 0 Å². The van der Waals surface area contributed by atoms with E-state index in [0.717, 1.165) is 28.1 Å². The molecule has 5 rings (SSSR count). The zero-order valence-corrected chi connectivity index (χ0v) is 16.6. The lowest BCUT2D eigenvalue weighted by molar-refractivity contribution is 0.0943. The van der Waals surface area contributed by atoms with E-state index in [2.05, 4.69) is 15.4 Å². The maximum absolute atomic E-state index is 13.1. The summed E-state index contributed by atoms with van der Waals surface area (Å²) in [5.41, 5.74) is 5.42. The van der Waals surface area contributed by atoms with E-state index >= 15 is 0 Å². The third-order valence-electron chi connectivity index (χ3n) is 5.00. The number of amides is 1. The molecule has 3 heterocycles. The van der Waals surface area contributed by atoms with Gasteiger partial charge in [0.05, 0.1) is 11.4 Å². The Hall–Kier alpha value is -4.32. The molecule has 0 unspecified atom stereocenters. The molecule has 1 amide bonds. The van der Waals surface area contributed by atoms with Crippen molar-refractivity contribution in [1.29, 1.82) is 0 Å². The number of carbonyl (C=O) groups is 1. The van der Waals surface area contributed by atoms with E-state index in [-0.39, 0.29) is 5.91 Å². The van der Waals surface area contributed by atoms with Gasteiger partial charge < -0.3 is 5.32 Å². The molecule has 0 radical (unpaired) electrons. The number of hydrogen-bond donors (Lipinski definition) is 1. The zero-order chi connectivity index (χ0) is 21.0. The second kappa shape index (κ2) is 8.20. The second-order valence-corrected chi connectivity index (χ2v) is 7.10. The highest BCUT2D eigenvalue weighted by atomic mass is 16.2. The van der Waals surface area contributed by atoms with Gasteiger partial charge in [-0.3, -0.25) is 9.78 Å². The number of hydrogen-bond acceptors (Lipinski definition) is 4. The van der Waals surface area contributed by atoms with Gasteiger partial charge in [-0.15, -0.1) is 0 Å². The summed E-state index contributed by atoms with van der Waals surface area (Å²) in [4.78, 5) is 21.9. The summed E-state index contributed by atoms with van der Waals surface area (Å²) in [5.74, 6) is -0.218. The van der Waals surface area contributed by atoms with Crippen LogP contribution in [0.3, 0.4) is 0 Å². The van der Waals surface area contributed by atoms with Gasteiger partial charge in [0, 0.05) is 36.1 Å². The molecule has 0 bridgehead atoms. The van der Waals surface area contributed by atoms with Crippen LogP contribution in [0.5, 0.6) is 0 Å². The van der Waals surface area contributed by atoms with Crippen molar-refractivity contribution in [2.45, 2.75) is 6.54 Å². The normalized spacial score (nSPS) is 10.8. The molecule has 6 nitrogen and oxygen atoms in total. The Morgan fingerprint density at radius 1 is 0.806 bits per heavy atom. The molecule has 0 fully saturated rings. The molecule has 31 heavy (non-hydrogen) atoms. The fourth-order valence-corrected chi connectivity index (χ4v) is 3.42. The van der Waals surface area contributed by atoms with Crippen LogP contribution >= 0.6 is 0 Å². The first-order chi connectivity index (χ1) is 15.3. The summed E-state index contributed by atoms with van der Waals surface area (Å²) in [7, 11) is 0. The van der Waals surface area contributed by atoms with Crippen LogP contribution in [0.25, 0.3) is 28.2 Å². The van der Waals surface area contributed by atoms with Gasteiger partial charge in [0.15, 0.2) is 5.65 Å². The summed E-state index contributed by atoms with van der Waals surface area (Å²) in [6.07, 6.45) is 3.42. The molecular formula is C25H19N5O. The van der Waals surface area contributed by atoms with Crippen molar-refractivity contribution < 1.29 is 4.79 Å². The largest absolute Gasteiger partial charge is 0.347 e. The van der Waals surface area contributed by atoms with Crippen molar-refractivity contribution in [3.05, 3.63) is 109 Å². The number of fused-ring (bicyclic) bond motifs is 1. The highest BCUT2D eigenvalue weighted by molar-refractivity contribution is 5.94. The van der Waals surface area contributed by atoms with E-state index in [9.17, 15) is 4.79 Å². The highest BCUT2D eigenvalue weighted by Crippen LogP contribution is 2.24. The molecule has 0 saturated heterocycles. The van der Waals surface area contributed by atoms with E-state index in [1.807, 2.05) is 78.9 Å². The number of rotatable bonds is 5. The molecule has 0 aliphatic rings. The van der Waals surface area contributed by atoms with Crippen LogP contribution in [0, 0.1) is 0 Å². The van der Waals surface area contributed by atoms with Crippen molar-refractivity contribution in [1.82, 2.24) is 24.9 Å². The van der Waals surface area contributed by atoms with Crippen molar-refractivity contribution in [3.8, 4) is 22.5 Å². The van der Waals surface area contributed by atoms with Gasteiger partial charge >= 0.3 is 0 Å². The van der Waals surface area contributed by atoms with Crippen LogP contribution in [-0.4, -0.2) is 25.5 Å². The lowest BCUT2D eigenvalue weighted by Crippen LogP contribution is -2.25. The maximum atomic E-state index is 13.1. The first kappa shape index (κ1) is 18.7. The van der Waals surface area contributed by atoms with Gasteiger partial charge in [0.25, 0.3) is 5.91 Å². The molecule has 0 saturated carbocycles. The highest BCUT2D eigenvalue weighted by Gasteiger charge is 2.17. The number of benzene rings is 2. The van der Waals surface area contributed by atoms with Crippen LogP contribution in [0.15, 0.2) is 97.3 Å². The first-order valence-electron chi connectivity index (χ1n) is 9.97. The van der Waals surface area contributed by atoms with Gasteiger partial charge in [-0.2, -0.15) is 5.10 Å². The number of pyridine rings is 1. The third-order valence-corrected chi connectivity index (χ3v) is 5.00. The Kier molecular flexibility index (Phi) is 4.94. The molecule has 0 atom stereocenters. The summed E-state index contributed by atoms with van der Waals surface area (Å²) in [5, 5.41) is 7.66. The molecule has 150 valence electrons.